The summed E-state index contributed by atoms with van der Waals surface area (Å²) in [5, 5.41) is 0. The van der Waals surface area contributed by atoms with E-state index in [1.165, 1.54) is 24.5 Å². The molecule has 3 rings (SSSR count). The molecule has 2 N–H and O–H groups in total. The molecule has 1 atom stereocenters. The number of hydrogen-bond acceptors (Lipinski definition) is 9. The standard InChI is InChI=1S/C21H27FN4O5S/c1-15-3-5-19(6-4-15)32(27,28)31-20(23)16(11-22)14-30-18-12-24-21(25-13-18)26-9-7-17(29-2)8-10-26/h3-6,11-13,17,20H,7-10,14,23H2,1-2H3/b16-11+. The Morgan fingerprint density at radius 1 is 1.25 bits per heavy atom. The van der Waals surface area contributed by atoms with Gasteiger partial charge in [0.05, 0.1) is 29.7 Å². The minimum absolute atomic E-state index is 0.0730. The number of ether oxygens (including phenoxy) is 2. The smallest absolute Gasteiger partial charge is 0.298 e. The number of aromatic nitrogens is 2. The number of anilines is 1. The topological polar surface area (TPSA) is 117 Å². The number of halogens is 1. The first-order valence-corrected chi connectivity index (χ1v) is 11.5. The molecule has 1 aromatic heterocycles. The highest BCUT2D eigenvalue weighted by molar-refractivity contribution is 7.86. The second-order valence-corrected chi connectivity index (χ2v) is 8.97. The third-order valence-corrected chi connectivity index (χ3v) is 6.43. The van der Waals surface area contributed by atoms with Crippen molar-refractivity contribution in [3.8, 4) is 5.75 Å². The Morgan fingerprint density at radius 3 is 2.44 bits per heavy atom. The summed E-state index contributed by atoms with van der Waals surface area (Å²) < 4.78 is 53.8. The van der Waals surface area contributed by atoms with Gasteiger partial charge in [-0.1, -0.05) is 17.7 Å². The number of nitrogens with zero attached hydrogens (tertiary/aromatic N) is 3. The second kappa shape index (κ2) is 10.8. The maximum atomic E-state index is 13.4. The van der Waals surface area contributed by atoms with E-state index < -0.39 is 16.3 Å². The van der Waals surface area contributed by atoms with Crippen LogP contribution < -0.4 is 15.4 Å². The van der Waals surface area contributed by atoms with Gasteiger partial charge >= 0.3 is 0 Å². The minimum Gasteiger partial charge on any atom is -0.486 e. The summed E-state index contributed by atoms with van der Waals surface area (Å²) in [6.07, 6.45) is 3.60. The summed E-state index contributed by atoms with van der Waals surface area (Å²) in [4.78, 5) is 10.5. The van der Waals surface area contributed by atoms with Crippen molar-refractivity contribution in [1.82, 2.24) is 9.97 Å². The van der Waals surface area contributed by atoms with Crippen molar-refractivity contribution in [1.29, 1.82) is 0 Å². The fourth-order valence-electron chi connectivity index (χ4n) is 3.14. The van der Waals surface area contributed by atoms with Crippen LogP contribution in [-0.4, -0.2) is 57.5 Å². The first-order valence-electron chi connectivity index (χ1n) is 10.1. The molecule has 9 nitrogen and oxygen atoms in total. The Morgan fingerprint density at radius 2 is 1.88 bits per heavy atom. The predicted molar refractivity (Wildman–Crippen MR) is 116 cm³/mol. The Bertz CT molecular complexity index is 1010. The number of benzene rings is 1. The Balaban J connectivity index is 1.55. The van der Waals surface area contributed by atoms with Gasteiger partial charge in [0.15, 0.2) is 12.0 Å². The van der Waals surface area contributed by atoms with Gasteiger partial charge in [0.1, 0.15) is 6.61 Å². The quantitative estimate of drug-likeness (QED) is 0.439. The number of hydrogen-bond donors (Lipinski definition) is 1. The number of piperidine rings is 1. The largest absolute Gasteiger partial charge is 0.486 e. The first kappa shape index (κ1) is 24.1. The summed E-state index contributed by atoms with van der Waals surface area (Å²) in [6.45, 7) is 3.07. The molecule has 2 aromatic rings. The van der Waals surface area contributed by atoms with Crippen LogP contribution in [-0.2, 0) is 19.0 Å². The highest BCUT2D eigenvalue weighted by atomic mass is 32.2. The lowest BCUT2D eigenvalue weighted by atomic mass is 10.1. The van der Waals surface area contributed by atoms with Crippen LogP contribution in [0.5, 0.6) is 5.75 Å². The fraction of sp³-hybridized carbons (Fsp3) is 0.429. The summed E-state index contributed by atoms with van der Waals surface area (Å²) in [7, 11) is -2.46. The maximum Gasteiger partial charge on any atom is 0.298 e. The summed E-state index contributed by atoms with van der Waals surface area (Å²) in [6, 6.07) is 6.03. The lowest BCUT2D eigenvalue weighted by Crippen LogP contribution is -2.37. The van der Waals surface area contributed by atoms with Crippen molar-refractivity contribution in [2.75, 3.05) is 31.7 Å². The van der Waals surface area contributed by atoms with E-state index in [2.05, 4.69) is 9.97 Å². The second-order valence-electron chi connectivity index (χ2n) is 7.40. The minimum atomic E-state index is -4.17. The fourth-order valence-corrected chi connectivity index (χ4v) is 4.12. The molecule has 32 heavy (non-hydrogen) atoms. The normalized spacial score (nSPS) is 16.8. The van der Waals surface area contributed by atoms with E-state index in [0.717, 1.165) is 31.5 Å². The maximum absolute atomic E-state index is 13.4. The van der Waals surface area contributed by atoms with Crippen LogP contribution in [0.3, 0.4) is 0 Å². The molecule has 0 saturated carbocycles. The van der Waals surface area contributed by atoms with Gasteiger partial charge in [-0.3, -0.25) is 0 Å². The Kier molecular flexibility index (Phi) is 8.13. The van der Waals surface area contributed by atoms with E-state index in [1.807, 2.05) is 11.8 Å². The number of methoxy groups -OCH3 is 1. The van der Waals surface area contributed by atoms with Gasteiger partial charge < -0.3 is 20.1 Å². The first-order chi connectivity index (χ1) is 15.3. The monoisotopic (exact) mass is 466 g/mol. The lowest BCUT2D eigenvalue weighted by molar-refractivity contribution is 0.0816. The van der Waals surface area contributed by atoms with Gasteiger partial charge in [0, 0.05) is 25.8 Å². The van der Waals surface area contributed by atoms with E-state index in [1.54, 1.807) is 19.2 Å². The van der Waals surface area contributed by atoms with Gasteiger partial charge in [-0.05, 0) is 31.9 Å². The molecule has 0 aliphatic carbocycles. The number of nitrogens with two attached hydrogens (primary N) is 1. The average molecular weight is 467 g/mol. The molecule has 1 saturated heterocycles. The zero-order valence-electron chi connectivity index (χ0n) is 18.0. The zero-order valence-corrected chi connectivity index (χ0v) is 18.8. The molecule has 11 heteroatoms. The molecule has 1 unspecified atom stereocenters. The Labute approximate surface area is 187 Å². The van der Waals surface area contributed by atoms with Gasteiger partial charge in [0.2, 0.25) is 5.95 Å². The van der Waals surface area contributed by atoms with Crippen molar-refractivity contribution in [3.05, 3.63) is 54.1 Å². The van der Waals surface area contributed by atoms with E-state index in [9.17, 15) is 12.8 Å². The van der Waals surface area contributed by atoms with Crippen molar-refractivity contribution >= 4 is 16.1 Å². The number of aryl methyl sites for hydroxylation is 1. The van der Waals surface area contributed by atoms with Crippen LogP contribution in [0.25, 0.3) is 0 Å². The van der Waals surface area contributed by atoms with Crippen LogP contribution in [0.1, 0.15) is 18.4 Å². The Hall–Kier alpha value is -2.60. The molecule has 1 aromatic carbocycles. The van der Waals surface area contributed by atoms with Gasteiger partial charge in [-0.2, -0.15) is 8.42 Å². The van der Waals surface area contributed by atoms with Crippen molar-refractivity contribution in [3.63, 3.8) is 0 Å². The van der Waals surface area contributed by atoms with Crippen molar-refractivity contribution in [2.45, 2.75) is 37.0 Å². The average Bonchev–Trinajstić information content (AvgIpc) is 2.80. The molecule has 0 radical (unpaired) electrons. The number of rotatable bonds is 9. The van der Waals surface area contributed by atoms with E-state index in [4.69, 9.17) is 19.4 Å². The molecule has 1 fully saturated rings. The molecular formula is C21H27FN4O5S. The highest BCUT2D eigenvalue weighted by Gasteiger charge is 2.23. The summed E-state index contributed by atoms with van der Waals surface area (Å²) >= 11 is 0. The molecule has 174 valence electrons. The molecule has 0 amide bonds. The van der Waals surface area contributed by atoms with Crippen LogP contribution >= 0.6 is 0 Å². The van der Waals surface area contributed by atoms with E-state index >= 15 is 0 Å². The molecule has 1 aliphatic rings. The predicted octanol–water partition coefficient (Wildman–Crippen LogP) is 2.32. The van der Waals surface area contributed by atoms with Crippen molar-refractivity contribution < 1.29 is 26.5 Å². The van der Waals surface area contributed by atoms with E-state index in [-0.39, 0.29) is 35.3 Å². The third kappa shape index (κ3) is 6.22. The summed E-state index contributed by atoms with van der Waals surface area (Å²) in [5.41, 5.74) is 6.45. The molecular weight excluding hydrogens is 439 g/mol. The van der Waals surface area contributed by atoms with Crippen LogP contribution in [0.4, 0.5) is 10.3 Å². The molecule has 2 heterocycles. The highest BCUT2D eigenvalue weighted by Crippen LogP contribution is 2.20. The lowest BCUT2D eigenvalue weighted by Gasteiger charge is -2.31. The van der Waals surface area contributed by atoms with Gasteiger partial charge in [-0.25, -0.2) is 18.5 Å². The van der Waals surface area contributed by atoms with Crippen LogP contribution in [0, 0.1) is 6.92 Å². The molecule has 1 aliphatic heterocycles. The van der Waals surface area contributed by atoms with E-state index in [0.29, 0.717) is 5.95 Å². The molecule has 0 bridgehead atoms. The SMILES string of the molecule is COC1CCN(c2ncc(OC/C(=C\F)C(N)OS(=O)(=O)c3ccc(C)cc3)cn2)CC1. The van der Waals surface area contributed by atoms with Gasteiger partial charge in [0.25, 0.3) is 10.1 Å². The van der Waals surface area contributed by atoms with Gasteiger partial charge in [-0.15, -0.1) is 0 Å². The van der Waals surface area contributed by atoms with Crippen molar-refractivity contribution in [2.24, 2.45) is 5.73 Å². The third-order valence-electron chi connectivity index (χ3n) is 5.12. The molecule has 0 spiro atoms. The van der Waals surface area contributed by atoms with Crippen LogP contribution in [0.15, 0.2) is 53.5 Å². The summed E-state index contributed by atoms with van der Waals surface area (Å²) in [5.74, 6) is 0.853. The van der Waals surface area contributed by atoms with Crippen LogP contribution in [0.2, 0.25) is 0 Å². The zero-order chi connectivity index (χ0) is 23.1.